The first-order valence-electron chi connectivity index (χ1n) is 19.1. The lowest BCUT2D eigenvalue weighted by Gasteiger charge is -2.19. The van der Waals surface area contributed by atoms with Gasteiger partial charge < -0.3 is 20.1 Å². The summed E-state index contributed by atoms with van der Waals surface area (Å²) in [6.45, 7) is 3.40. The van der Waals surface area contributed by atoms with Crippen molar-refractivity contribution in [3.63, 3.8) is 0 Å². The number of ether oxygens (including phenoxy) is 2. The summed E-state index contributed by atoms with van der Waals surface area (Å²) in [4.78, 5) is 34.7. The molecule has 3 N–H and O–H groups in total. The number of phosphoric ester groups is 1. The Hall–Kier alpha value is -2.81. The Bertz CT molecular complexity index is 1110. The van der Waals surface area contributed by atoms with Crippen LogP contribution < -0.4 is 5.73 Å². The minimum absolute atomic E-state index is 0.0396. The Morgan fingerprint density at radius 2 is 1.02 bits per heavy atom. The van der Waals surface area contributed by atoms with E-state index in [9.17, 15) is 19.0 Å². The topological polar surface area (TPSA) is 134 Å². The predicted molar refractivity (Wildman–Crippen MR) is 210 cm³/mol. The Morgan fingerprint density at radius 3 is 1.55 bits per heavy atom. The van der Waals surface area contributed by atoms with Gasteiger partial charge in [-0.1, -0.05) is 118 Å². The van der Waals surface area contributed by atoms with E-state index in [-0.39, 0.29) is 32.6 Å². The third kappa shape index (κ3) is 36.8. The first kappa shape index (κ1) is 48.2. The van der Waals surface area contributed by atoms with Crippen LogP contribution in [0.4, 0.5) is 0 Å². The number of rotatable bonds is 34. The second-order valence-corrected chi connectivity index (χ2v) is 13.5. The minimum atomic E-state index is -4.39. The van der Waals surface area contributed by atoms with Gasteiger partial charge in [0, 0.05) is 19.4 Å². The molecule has 0 fully saturated rings. The molecule has 0 amide bonds. The summed E-state index contributed by atoms with van der Waals surface area (Å²) in [6, 6.07) is 0. The molecule has 0 bridgehead atoms. The Kier molecular flexibility index (Phi) is 34.9. The van der Waals surface area contributed by atoms with Crippen molar-refractivity contribution in [3.8, 4) is 0 Å². The Balaban J connectivity index is 4.35. The van der Waals surface area contributed by atoms with Gasteiger partial charge in [0.2, 0.25) is 0 Å². The molecular formula is C41H68NO8P. The zero-order valence-corrected chi connectivity index (χ0v) is 32.4. The SMILES string of the molecule is CC/C=C\C/C=C\C/C=C\C/C=C\CCCCC(=O)OC[C@H](COP(=O)(O)OCCN)OC(=O)CCCCCCC/C=C\C/C=C\C/C=C\CC. The van der Waals surface area contributed by atoms with Gasteiger partial charge >= 0.3 is 19.8 Å². The average molecular weight is 734 g/mol. The lowest BCUT2D eigenvalue weighted by molar-refractivity contribution is -0.161. The van der Waals surface area contributed by atoms with Gasteiger partial charge in [0.05, 0.1) is 13.2 Å². The van der Waals surface area contributed by atoms with Crippen molar-refractivity contribution < 1.29 is 37.6 Å². The van der Waals surface area contributed by atoms with Crippen molar-refractivity contribution in [1.29, 1.82) is 0 Å². The van der Waals surface area contributed by atoms with Crippen molar-refractivity contribution in [3.05, 3.63) is 85.1 Å². The third-order valence-electron chi connectivity index (χ3n) is 7.28. The normalized spacial score (nSPS) is 14.4. The summed E-state index contributed by atoms with van der Waals surface area (Å²) in [5.41, 5.74) is 5.33. The van der Waals surface area contributed by atoms with Crippen molar-refractivity contribution in [1.82, 2.24) is 0 Å². The summed E-state index contributed by atoms with van der Waals surface area (Å²) in [5, 5.41) is 0. The number of hydrogen-bond acceptors (Lipinski definition) is 8. The summed E-state index contributed by atoms with van der Waals surface area (Å²) >= 11 is 0. The van der Waals surface area contributed by atoms with Crippen LogP contribution >= 0.6 is 7.82 Å². The van der Waals surface area contributed by atoms with Crippen LogP contribution in [0.5, 0.6) is 0 Å². The van der Waals surface area contributed by atoms with E-state index < -0.39 is 32.5 Å². The number of carbonyl (C=O) groups excluding carboxylic acids is 2. The van der Waals surface area contributed by atoms with Gasteiger partial charge in [-0.15, -0.1) is 0 Å². The van der Waals surface area contributed by atoms with Crippen LogP contribution in [-0.4, -0.2) is 49.3 Å². The fourth-order valence-electron chi connectivity index (χ4n) is 4.52. The van der Waals surface area contributed by atoms with Gasteiger partial charge in [0.25, 0.3) is 0 Å². The highest BCUT2D eigenvalue weighted by Gasteiger charge is 2.25. The molecule has 0 aliphatic rings. The van der Waals surface area contributed by atoms with Gasteiger partial charge in [-0.3, -0.25) is 18.6 Å². The molecule has 290 valence electrons. The molecule has 0 aliphatic heterocycles. The molecule has 0 heterocycles. The van der Waals surface area contributed by atoms with Crippen LogP contribution in [0.15, 0.2) is 85.1 Å². The molecule has 0 aromatic rings. The smallest absolute Gasteiger partial charge is 0.462 e. The van der Waals surface area contributed by atoms with E-state index in [2.05, 4.69) is 98.9 Å². The van der Waals surface area contributed by atoms with E-state index in [0.717, 1.165) is 89.9 Å². The van der Waals surface area contributed by atoms with Crippen molar-refractivity contribution in [2.45, 2.75) is 136 Å². The first-order valence-corrected chi connectivity index (χ1v) is 20.6. The van der Waals surface area contributed by atoms with Crippen LogP contribution in [0.25, 0.3) is 0 Å². The maximum Gasteiger partial charge on any atom is 0.472 e. The summed E-state index contributed by atoms with van der Waals surface area (Å²) in [6.07, 6.45) is 44.7. The molecule has 0 rings (SSSR count). The van der Waals surface area contributed by atoms with E-state index in [1.165, 1.54) is 0 Å². The summed E-state index contributed by atoms with van der Waals surface area (Å²) < 4.78 is 32.6. The lowest BCUT2D eigenvalue weighted by Crippen LogP contribution is -2.29. The zero-order chi connectivity index (χ0) is 37.5. The molecule has 2 atom stereocenters. The molecule has 10 heteroatoms. The van der Waals surface area contributed by atoms with Crippen molar-refractivity contribution >= 4 is 19.8 Å². The maximum atomic E-state index is 12.5. The monoisotopic (exact) mass is 733 g/mol. The maximum absolute atomic E-state index is 12.5. The minimum Gasteiger partial charge on any atom is -0.462 e. The molecule has 0 aliphatic carbocycles. The van der Waals surface area contributed by atoms with Crippen LogP contribution in [0.1, 0.15) is 129 Å². The van der Waals surface area contributed by atoms with E-state index in [4.69, 9.17) is 24.3 Å². The van der Waals surface area contributed by atoms with E-state index in [0.29, 0.717) is 12.8 Å². The first-order chi connectivity index (χ1) is 24.8. The van der Waals surface area contributed by atoms with Gasteiger partial charge in [-0.05, 0) is 83.5 Å². The lowest BCUT2D eigenvalue weighted by atomic mass is 10.1. The molecule has 0 aromatic carbocycles. The van der Waals surface area contributed by atoms with Crippen LogP contribution in [0.2, 0.25) is 0 Å². The molecule has 0 aromatic heterocycles. The second-order valence-electron chi connectivity index (χ2n) is 12.0. The highest BCUT2D eigenvalue weighted by Crippen LogP contribution is 2.43. The number of esters is 2. The van der Waals surface area contributed by atoms with Gasteiger partial charge in [-0.2, -0.15) is 0 Å². The van der Waals surface area contributed by atoms with Gasteiger partial charge in [-0.25, -0.2) is 4.57 Å². The third-order valence-corrected chi connectivity index (χ3v) is 8.26. The molecule has 1 unspecified atom stereocenters. The summed E-state index contributed by atoms with van der Waals surface area (Å²) in [7, 11) is -4.39. The average Bonchev–Trinajstić information content (AvgIpc) is 3.11. The Morgan fingerprint density at radius 1 is 0.588 bits per heavy atom. The highest BCUT2D eigenvalue weighted by atomic mass is 31.2. The summed E-state index contributed by atoms with van der Waals surface area (Å²) in [5.74, 6) is -0.909. The number of phosphoric acid groups is 1. The fraction of sp³-hybridized carbons (Fsp3) is 0.610. The van der Waals surface area contributed by atoms with Crippen molar-refractivity contribution in [2.24, 2.45) is 5.73 Å². The number of allylic oxidation sites excluding steroid dienone is 14. The highest BCUT2D eigenvalue weighted by molar-refractivity contribution is 7.47. The molecule has 9 nitrogen and oxygen atoms in total. The molecule has 0 radical (unpaired) electrons. The van der Waals surface area contributed by atoms with Crippen LogP contribution in [0, 0.1) is 0 Å². The number of hydrogen-bond donors (Lipinski definition) is 2. The largest absolute Gasteiger partial charge is 0.472 e. The number of unbranched alkanes of at least 4 members (excludes halogenated alkanes) is 7. The van der Waals surface area contributed by atoms with Crippen LogP contribution in [0.3, 0.4) is 0 Å². The molecule has 51 heavy (non-hydrogen) atoms. The molecular weight excluding hydrogens is 665 g/mol. The number of carbonyl (C=O) groups is 2. The van der Waals surface area contributed by atoms with E-state index in [1.54, 1.807) is 0 Å². The zero-order valence-electron chi connectivity index (χ0n) is 31.5. The van der Waals surface area contributed by atoms with Crippen LogP contribution in [-0.2, 0) is 32.7 Å². The second kappa shape index (κ2) is 37.0. The predicted octanol–water partition coefficient (Wildman–Crippen LogP) is 10.5. The molecule has 0 saturated carbocycles. The van der Waals surface area contributed by atoms with E-state index in [1.807, 2.05) is 0 Å². The van der Waals surface area contributed by atoms with Crippen molar-refractivity contribution in [2.75, 3.05) is 26.4 Å². The quantitative estimate of drug-likeness (QED) is 0.0287. The van der Waals surface area contributed by atoms with E-state index >= 15 is 0 Å². The van der Waals surface area contributed by atoms with Gasteiger partial charge in [0.1, 0.15) is 6.61 Å². The standard InChI is InChI=1S/C41H68NO8P/c1-3-5-7-9-11-13-15-17-19-21-23-25-27-29-31-33-40(43)47-37-39(38-49-51(45,46)48-36-35-42)50-41(44)34-32-30-28-26-24-22-20-18-16-14-12-10-8-6-4-2/h5-8,11-14,17-20,23,25,39H,3-4,9-10,15-16,21-22,24,26-38,42H2,1-2H3,(H,45,46)/b7-5-,8-6-,13-11-,14-12-,19-17-,20-18-,25-23-/t39-/m1/s1. The fourth-order valence-corrected chi connectivity index (χ4v) is 5.28. The molecule has 0 spiro atoms. The molecule has 0 saturated heterocycles. The van der Waals surface area contributed by atoms with Gasteiger partial charge in [0.15, 0.2) is 6.10 Å². The number of nitrogens with two attached hydrogens (primary N) is 1. The Labute approximate surface area is 309 Å².